The van der Waals surface area contributed by atoms with Crippen LogP contribution in [0, 0.1) is 0 Å². The maximum absolute atomic E-state index is 12.2. The highest BCUT2D eigenvalue weighted by Gasteiger charge is 2.35. The zero-order valence-corrected chi connectivity index (χ0v) is 12.1. The third-order valence-corrected chi connectivity index (χ3v) is 6.01. The molecule has 2 rings (SSSR count). The third-order valence-electron chi connectivity index (χ3n) is 2.99. The van der Waals surface area contributed by atoms with E-state index in [0.717, 1.165) is 11.5 Å². The molecule has 0 aromatic carbocycles. The number of aliphatic hydroxyl groups is 2. The summed E-state index contributed by atoms with van der Waals surface area (Å²) in [6.07, 6.45) is -1.28. The van der Waals surface area contributed by atoms with Crippen molar-refractivity contribution in [2.75, 3.05) is 29.5 Å². The smallest absolute Gasteiger partial charge is 0.185 e. The van der Waals surface area contributed by atoms with E-state index in [0.29, 0.717) is 11.4 Å². The average molecular weight is 307 g/mol. The molecule has 7 nitrogen and oxygen atoms in total. The minimum atomic E-state index is -3.48. The number of hydrogen-bond donors (Lipinski definition) is 3. The topological polar surface area (TPSA) is 117 Å². The summed E-state index contributed by atoms with van der Waals surface area (Å²) < 4.78 is 28.3. The van der Waals surface area contributed by atoms with E-state index in [1.165, 1.54) is 0 Å². The van der Waals surface area contributed by atoms with Crippen LogP contribution >= 0.6 is 11.5 Å². The summed E-state index contributed by atoms with van der Waals surface area (Å²) in [5.74, 6) is -0.00833. The van der Waals surface area contributed by atoms with E-state index in [2.05, 4.69) is 4.37 Å². The van der Waals surface area contributed by atoms with Gasteiger partial charge in [-0.2, -0.15) is 4.37 Å². The van der Waals surface area contributed by atoms with E-state index in [-0.39, 0.29) is 29.6 Å². The van der Waals surface area contributed by atoms with Gasteiger partial charge in [-0.1, -0.05) is 6.92 Å². The molecule has 19 heavy (non-hydrogen) atoms. The van der Waals surface area contributed by atoms with Crippen LogP contribution in [0.3, 0.4) is 0 Å². The lowest BCUT2D eigenvalue weighted by Gasteiger charge is -2.16. The molecule has 2 heterocycles. The maximum atomic E-state index is 12.2. The number of hydrogen-bond acceptors (Lipinski definition) is 8. The predicted molar refractivity (Wildman–Crippen MR) is 73.1 cm³/mol. The highest BCUT2D eigenvalue weighted by Crippen LogP contribution is 2.37. The van der Waals surface area contributed by atoms with Crippen molar-refractivity contribution in [1.82, 2.24) is 4.37 Å². The quantitative estimate of drug-likeness (QED) is 0.683. The van der Waals surface area contributed by atoms with Gasteiger partial charge in [0.25, 0.3) is 0 Å². The van der Waals surface area contributed by atoms with E-state index in [1.807, 2.05) is 0 Å². The number of aromatic nitrogens is 1. The van der Waals surface area contributed by atoms with Crippen molar-refractivity contribution < 1.29 is 18.6 Å². The average Bonchev–Trinajstić information content (AvgIpc) is 2.83. The monoisotopic (exact) mass is 307 g/mol. The summed E-state index contributed by atoms with van der Waals surface area (Å²) in [4.78, 5) is 1.65. The largest absolute Gasteiger partial charge is 0.389 e. The van der Waals surface area contributed by atoms with Crippen molar-refractivity contribution in [2.45, 2.75) is 30.4 Å². The molecular weight excluding hydrogens is 290 g/mol. The second-order valence-corrected chi connectivity index (χ2v) is 7.36. The Bertz CT molecular complexity index is 547. The van der Waals surface area contributed by atoms with Gasteiger partial charge in [-0.3, -0.25) is 0 Å². The van der Waals surface area contributed by atoms with Gasteiger partial charge in [-0.05, 0) is 18.0 Å². The van der Waals surface area contributed by atoms with Gasteiger partial charge < -0.3 is 20.8 Å². The third kappa shape index (κ3) is 2.69. The number of anilines is 2. The fourth-order valence-corrected chi connectivity index (χ4v) is 4.86. The van der Waals surface area contributed by atoms with Gasteiger partial charge in [-0.25, -0.2) is 8.42 Å². The fraction of sp³-hybridized carbons (Fsp3) is 0.700. The molecule has 1 aromatic rings. The molecule has 2 atom stereocenters. The summed E-state index contributed by atoms with van der Waals surface area (Å²) in [5.41, 5.74) is 5.66. The molecule has 1 aliphatic rings. The molecule has 2 unspecified atom stereocenters. The van der Waals surface area contributed by atoms with Crippen LogP contribution in [0.25, 0.3) is 0 Å². The van der Waals surface area contributed by atoms with Crippen LogP contribution in [0.15, 0.2) is 4.90 Å². The molecule has 1 saturated heterocycles. The van der Waals surface area contributed by atoms with Crippen molar-refractivity contribution in [3.63, 3.8) is 0 Å². The van der Waals surface area contributed by atoms with Gasteiger partial charge in [0, 0.05) is 13.1 Å². The van der Waals surface area contributed by atoms with Crippen molar-refractivity contribution >= 4 is 32.2 Å². The fourth-order valence-electron chi connectivity index (χ4n) is 2.08. The standard InChI is InChI=1S/C10H17N3O4S2/c1-2-3-19(16,17)8-9(11)12-18-10(8)13-4-6(14)7(15)5-13/h6-7,14-15H,2-5H2,1H3,(H2,11,12). The van der Waals surface area contributed by atoms with Gasteiger partial charge in [0.05, 0.1) is 18.0 Å². The summed E-state index contributed by atoms with van der Waals surface area (Å²) >= 11 is 0.980. The molecular formula is C10H17N3O4S2. The van der Waals surface area contributed by atoms with E-state index < -0.39 is 22.0 Å². The Kier molecular flexibility index (Phi) is 4.00. The van der Waals surface area contributed by atoms with Gasteiger partial charge in [-0.15, -0.1) is 0 Å². The zero-order chi connectivity index (χ0) is 14.2. The number of nitrogens with zero attached hydrogens (tertiary/aromatic N) is 2. The van der Waals surface area contributed by atoms with E-state index in [4.69, 9.17) is 5.73 Å². The number of β-amino-alcohol motifs (C(OH)–C–C–N with tert-alkyl or cyclic N) is 2. The van der Waals surface area contributed by atoms with Gasteiger partial charge in [0.1, 0.15) is 9.90 Å². The molecule has 1 aromatic heterocycles. The Morgan fingerprint density at radius 3 is 2.53 bits per heavy atom. The molecule has 0 aliphatic carbocycles. The first kappa shape index (κ1) is 14.5. The summed E-state index contributed by atoms with van der Waals surface area (Å²) in [6.45, 7) is 2.13. The lowest BCUT2D eigenvalue weighted by Crippen LogP contribution is -2.22. The van der Waals surface area contributed by atoms with E-state index in [9.17, 15) is 18.6 Å². The lowest BCUT2D eigenvalue weighted by atomic mass is 10.3. The Labute approximate surface area is 115 Å². The Hall–Kier alpha value is -0.900. The molecule has 0 spiro atoms. The molecule has 1 fully saturated rings. The van der Waals surface area contributed by atoms with Crippen LogP contribution in [-0.2, 0) is 9.84 Å². The van der Waals surface area contributed by atoms with Crippen molar-refractivity contribution in [2.24, 2.45) is 0 Å². The number of nitrogen functional groups attached to an aromatic ring is 1. The predicted octanol–water partition coefficient (Wildman–Crippen LogP) is -0.549. The molecule has 9 heteroatoms. The first-order chi connectivity index (χ1) is 8.86. The maximum Gasteiger partial charge on any atom is 0.185 e. The van der Waals surface area contributed by atoms with Gasteiger partial charge >= 0.3 is 0 Å². The highest BCUT2D eigenvalue weighted by atomic mass is 32.2. The normalized spacial score (nSPS) is 24.1. The zero-order valence-electron chi connectivity index (χ0n) is 10.5. The number of nitrogens with two attached hydrogens (primary N) is 1. The van der Waals surface area contributed by atoms with Gasteiger partial charge in [0.2, 0.25) is 0 Å². The molecule has 0 radical (unpaired) electrons. The van der Waals surface area contributed by atoms with Crippen LogP contribution in [0.2, 0.25) is 0 Å². The van der Waals surface area contributed by atoms with Crippen molar-refractivity contribution in [3.05, 3.63) is 0 Å². The molecule has 0 saturated carbocycles. The SMILES string of the molecule is CCCS(=O)(=O)c1c(N)nsc1N1CC(O)C(O)C1. The van der Waals surface area contributed by atoms with E-state index >= 15 is 0 Å². The van der Waals surface area contributed by atoms with Crippen molar-refractivity contribution in [1.29, 1.82) is 0 Å². The molecule has 0 amide bonds. The lowest BCUT2D eigenvalue weighted by molar-refractivity contribution is 0.0572. The van der Waals surface area contributed by atoms with Gasteiger partial charge in [0.15, 0.2) is 15.7 Å². The Morgan fingerprint density at radius 2 is 2.00 bits per heavy atom. The van der Waals surface area contributed by atoms with Crippen LogP contribution in [0.1, 0.15) is 13.3 Å². The Morgan fingerprint density at radius 1 is 1.42 bits per heavy atom. The number of rotatable bonds is 4. The summed E-state index contributed by atoms with van der Waals surface area (Å²) in [5, 5.41) is 19.5. The number of aliphatic hydroxyl groups excluding tert-OH is 2. The second-order valence-electron chi connectivity index (χ2n) is 4.56. The van der Waals surface area contributed by atoms with Crippen LogP contribution in [0.5, 0.6) is 0 Å². The van der Waals surface area contributed by atoms with Crippen LogP contribution in [0.4, 0.5) is 10.8 Å². The summed E-state index contributed by atoms with van der Waals surface area (Å²) in [7, 11) is -3.48. The Balaban J connectivity index is 2.39. The summed E-state index contributed by atoms with van der Waals surface area (Å²) in [6, 6.07) is 0. The first-order valence-corrected chi connectivity index (χ1v) is 8.38. The molecule has 1 aliphatic heterocycles. The van der Waals surface area contributed by atoms with Crippen molar-refractivity contribution in [3.8, 4) is 0 Å². The minimum Gasteiger partial charge on any atom is -0.389 e. The highest BCUT2D eigenvalue weighted by molar-refractivity contribution is 7.91. The minimum absolute atomic E-state index is 0.00155. The molecule has 0 bridgehead atoms. The van der Waals surface area contributed by atoms with Crippen LogP contribution in [-0.4, -0.2) is 54.1 Å². The van der Waals surface area contributed by atoms with E-state index in [1.54, 1.807) is 11.8 Å². The molecule has 108 valence electrons. The second kappa shape index (κ2) is 5.23. The molecule has 4 N–H and O–H groups in total. The number of sulfone groups is 1. The van der Waals surface area contributed by atoms with Crippen LogP contribution < -0.4 is 10.6 Å². The first-order valence-electron chi connectivity index (χ1n) is 5.95.